The minimum absolute atomic E-state index is 0.0233. The molecule has 2 amide bonds. The maximum atomic E-state index is 12.5. The number of benzene rings is 3. The van der Waals surface area contributed by atoms with Crippen molar-refractivity contribution in [2.24, 2.45) is 0 Å². The molecule has 0 atom stereocenters. The third kappa shape index (κ3) is 6.79. The van der Waals surface area contributed by atoms with E-state index >= 15 is 0 Å². The molecule has 3 aromatic rings. The van der Waals surface area contributed by atoms with Crippen molar-refractivity contribution in [2.45, 2.75) is 12.9 Å². The van der Waals surface area contributed by atoms with Crippen molar-refractivity contribution in [3.8, 4) is 23.0 Å². The van der Waals surface area contributed by atoms with E-state index in [1.807, 2.05) is 0 Å². The Kier molecular flexibility index (Phi) is 7.46. The molecule has 0 heterocycles. The van der Waals surface area contributed by atoms with Crippen LogP contribution in [0, 0.1) is 0 Å². The number of hydrogen-bond acceptors (Lipinski definition) is 5. The van der Waals surface area contributed by atoms with Crippen LogP contribution in [0.5, 0.6) is 23.0 Å². The lowest BCUT2D eigenvalue weighted by Gasteiger charge is -2.15. The Morgan fingerprint density at radius 1 is 0.941 bits per heavy atom. The normalized spacial score (nSPS) is 10.8. The number of para-hydroxylation sites is 1. The summed E-state index contributed by atoms with van der Waals surface area (Å²) < 4.78 is 52.2. The Labute approximate surface area is 191 Å². The van der Waals surface area contributed by atoms with Crippen LogP contribution in [0.25, 0.3) is 0 Å². The zero-order valence-electron chi connectivity index (χ0n) is 17.7. The highest BCUT2D eigenvalue weighted by Gasteiger charge is 2.31. The van der Waals surface area contributed by atoms with Gasteiger partial charge in [-0.25, -0.2) is 9.59 Å². The molecule has 3 rings (SSSR count). The number of alkyl halides is 3. The molecule has 0 radical (unpaired) electrons. The van der Waals surface area contributed by atoms with Gasteiger partial charge in [0.2, 0.25) is 0 Å². The lowest BCUT2D eigenvalue weighted by molar-refractivity contribution is -0.274. The number of methoxy groups -OCH3 is 1. The number of amides is 2. The van der Waals surface area contributed by atoms with E-state index in [4.69, 9.17) is 14.6 Å². The van der Waals surface area contributed by atoms with Crippen LogP contribution in [-0.2, 0) is 6.54 Å². The SMILES string of the molecule is COc1ccc(OC(F)(F)F)cc1NC(=O)NCc1ccccc1Oc1ccc(C(=O)O)cc1. The molecule has 3 aromatic carbocycles. The van der Waals surface area contributed by atoms with Crippen molar-refractivity contribution in [2.75, 3.05) is 12.4 Å². The number of ether oxygens (including phenoxy) is 3. The summed E-state index contributed by atoms with van der Waals surface area (Å²) in [5.41, 5.74) is 0.685. The van der Waals surface area contributed by atoms with Gasteiger partial charge in [-0.1, -0.05) is 18.2 Å². The molecular weight excluding hydrogens is 457 g/mol. The number of halogens is 3. The van der Waals surface area contributed by atoms with E-state index in [-0.39, 0.29) is 23.5 Å². The van der Waals surface area contributed by atoms with Gasteiger partial charge >= 0.3 is 18.4 Å². The number of carbonyl (C=O) groups excluding carboxylic acids is 1. The molecular formula is C23H19F3N2O6. The largest absolute Gasteiger partial charge is 0.573 e. The number of anilines is 1. The number of carbonyl (C=O) groups is 2. The zero-order chi connectivity index (χ0) is 24.7. The lowest BCUT2D eigenvalue weighted by atomic mass is 10.2. The molecule has 8 nitrogen and oxygen atoms in total. The summed E-state index contributed by atoms with van der Waals surface area (Å²) in [6, 6.07) is 15.2. The second-order valence-corrected chi connectivity index (χ2v) is 6.76. The van der Waals surface area contributed by atoms with Gasteiger partial charge in [-0.05, 0) is 42.5 Å². The van der Waals surface area contributed by atoms with Gasteiger partial charge in [-0.15, -0.1) is 13.2 Å². The first kappa shape index (κ1) is 24.2. The van der Waals surface area contributed by atoms with Crippen LogP contribution in [0.2, 0.25) is 0 Å². The Morgan fingerprint density at radius 3 is 2.26 bits per heavy atom. The van der Waals surface area contributed by atoms with Gasteiger partial charge < -0.3 is 30.0 Å². The Balaban J connectivity index is 1.66. The van der Waals surface area contributed by atoms with Gasteiger partial charge in [0.25, 0.3) is 0 Å². The van der Waals surface area contributed by atoms with Crippen molar-refractivity contribution in [1.29, 1.82) is 0 Å². The Morgan fingerprint density at radius 2 is 1.62 bits per heavy atom. The molecule has 0 fully saturated rings. The fourth-order valence-electron chi connectivity index (χ4n) is 2.87. The van der Waals surface area contributed by atoms with Crippen molar-refractivity contribution < 1.29 is 42.1 Å². The molecule has 0 saturated heterocycles. The van der Waals surface area contributed by atoms with E-state index in [2.05, 4.69) is 15.4 Å². The predicted molar refractivity (Wildman–Crippen MR) is 115 cm³/mol. The van der Waals surface area contributed by atoms with Crippen LogP contribution in [0.4, 0.5) is 23.7 Å². The summed E-state index contributed by atoms with van der Waals surface area (Å²) in [6.07, 6.45) is -4.88. The van der Waals surface area contributed by atoms with E-state index in [0.717, 1.165) is 12.1 Å². The molecule has 0 aliphatic heterocycles. The van der Waals surface area contributed by atoms with Crippen molar-refractivity contribution in [3.63, 3.8) is 0 Å². The molecule has 0 bridgehead atoms. The summed E-state index contributed by atoms with van der Waals surface area (Å²) in [6.45, 7) is 0.0241. The van der Waals surface area contributed by atoms with E-state index < -0.39 is 24.1 Å². The monoisotopic (exact) mass is 476 g/mol. The first-order chi connectivity index (χ1) is 16.1. The number of aromatic carboxylic acids is 1. The summed E-state index contributed by atoms with van der Waals surface area (Å²) in [5.74, 6) is -0.624. The number of nitrogens with one attached hydrogen (secondary N) is 2. The highest BCUT2D eigenvalue weighted by molar-refractivity contribution is 5.91. The zero-order valence-corrected chi connectivity index (χ0v) is 17.7. The maximum Gasteiger partial charge on any atom is 0.573 e. The topological polar surface area (TPSA) is 106 Å². The van der Waals surface area contributed by atoms with Gasteiger partial charge in [0.05, 0.1) is 18.4 Å². The van der Waals surface area contributed by atoms with Crippen LogP contribution in [0.1, 0.15) is 15.9 Å². The molecule has 0 aromatic heterocycles. The fourth-order valence-corrected chi connectivity index (χ4v) is 2.87. The predicted octanol–water partition coefficient (Wildman–Crippen LogP) is 5.41. The number of carboxylic acids is 1. The second-order valence-electron chi connectivity index (χ2n) is 6.76. The van der Waals surface area contributed by atoms with Gasteiger partial charge in [-0.2, -0.15) is 0 Å². The quantitative estimate of drug-likeness (QED) is 0.402. The standard InChI is InChI=1S/C23H19F3N2O6/c1-32-20-11-10-17(34-23(24,25)26)12-18(20)28-22(31)27-13-15-4-2-3-5-19(15)33-16-8-6-14(7-9-16)21(29)30/h2-12H,13H2,1H3,(H,29,30)(H2,27,28,31). The Hall–Kier alpha value is -4.41. The number of hydrogen-bond donors (Lipinski definition) is 3. The molecule has 0 saturated carbocycles. The van der Waals surface area contributed by atoms with Crippen LogP contribution in [0.3, 0.4) is 0 Å². The van der Waals surface area contributed by atoms with Crippen molar-refractivity contribution in [3.05, 3.63) is 77.9 Å². The molecule has 11 heteroatoms. The minimum Gasteiger partial charge on any atom is -0.495 e. The highest BCUT2D eigenvalue weighted by atomic mass is 19.4. The van der Waals surface area contributed by atoms with E-state index in [0.29, 0.717) is 17.1 Å². The molecule has 0 spiro atoms. The summed E-state index contributed by atoms with van der Waals surface area (Å²) >= 11 is 0. The van der Waals surface area contributed by atoms with Crippen LogP contribution in [-0.4, -0.2) is 30.6 Å². The fraction of sp³-hybridized carbons (Fsp3) is 0.130. The van der Waals surface area contributed by atoms with Crippen molar-refractivity contribution >= 4 is 17.7 Å². The van der Waals surface area contributed by atoms with E-state index in [1.165, 1.54) is 37.4 Å². The van der Waals surface area contributed by atoms with Gasteiger partial charge in [0, 0.05) is 18.2 Å². The van der Waals surface area contributed by atoms with Gasteiger partial charge in [0.15, 0.2) is 0 Å². The maximum absolute atomic E-state index is 12.5. The molecule has 3 N–H and O–H groups in total. The molecule has 0 unspecified atom stereocenters. The lowest BCUT2D eigenvalue weighted by Crippen LogP contribution is -2.28. The smallest absolute Gasteiger partial charge is 0.495 e. The number of rotatable bonds is 8. The molecule has 34 heavy (non-hydrogen) atoms. The first-order valence-electron chi connectivity index (χ1n) is 9.72. The van der Waals surface area contributed by atoms with Gasteiger partial charge in [0.1, 0.15) is 23.0 Å². The third-order valence-electron chi connectivity index (χ3n) is 4.39. The van der Waals surface area contributed by atoms with E-state index in [9.17, 15) is 22.8 Å². The minimum atomic E-state index is -4.88. The van der Waals surface area contributed by atoms with Crippen LogP contribution < -0.4 is 24.8 Å². The summed E-state index contributed by atoms with van der Waals surface area (Å²) in [4.78, 5) is 23.4. The molecule has 0 aliphatic rings. The highest BCUT2D eigenvalue weighted by Crippen LogP contribution is 2.32. The van der Waals surface area contributed by atoms with Crippen molar-refractivity contribution in [1.82, 2.24) is 5.32 Å². The third-order valence-corrected chi connectivity index (χ3v) is 4.39. The molecule has 0 aliphatic carbocycles. The van der Waals surface area contributed by atoms with E-state index in [1.54, 1.807) is 24.3 Å². The van der Waals surface area contributed by atoms with Crippen LogP contribution in [0.15, 0.2) is 66.7 Å². The Bertz CT molecular complexity index is 1170. The molecule has 178 valence electrons. The average Bonchev–Trinajstić information content (AvgIpc) is 2.78. The summed E-state index contributed by atoms with van der Waals surface area (Å²) in [7, 11) is 1.30. The summed E-state index contributed by atoms with van der Waals surface area (Å²) in [5, 5.41) is 14.0. The average molecular weight is 476 g/mol. The first-order valence-corrected chi connectivity index (χ1v) is 9.72. The number of urea groups is 1. The number of carboxylic acid groups (broad SMARTS) is 1. The van der Waals surface area contributed by atoms with Gasteiger partial charge in [-0.3, -0.25) is 0 Å². The van der Waals surface area contributed by atoms with Crippen LogP contribution >= 0.6 is 0 Å². The second kappa shape index (κ2) is 10.5.